The van der Waals surface area contributed by atoms with Crippen LogP contribution in [0.25, 0.3) is 28.0 Å². The van der Waals surface area contributed by atoms with Crippen LogP contribution in [-0.2, 0) is 0 Å². The van der Waals surface area contributed by atoms with Gasteiger partial charge in [0.1, 0.15) is 23.1 Å². The molecule has 0 bridgehead atoms. The molecule has 5 aromatic rings. The topological polar surface area (TPSA) is 129 Å². The first kappa shape index (κ1) is 31.9. The third-order valence-electron chi connectivity index (χ3n) is 6.54. The van der Waals surface area contributed by atoms with E-state index in [9.17, 15) is 33.0 Å². The van der Waals surface area contributed by atoms with Crippen LogP contribution in [0.4, 0.5) is 24.8 Å². The molecule has 0 aliphatic carbocycles. The van der Waals surface area contributed by atoms with Crippen molar-refractivity contribution in [3.8, 4) is 16.9 Å². The van der Waals surface area contributed by atoms with Gasteiger partial charge in [-0.15, -0.1) is 0 Å². The van der Waals surface area contributed by atoms with Gasteiger partial charge in [0.15, 0.2) is 5.65 Å². The molecule has 0 radical (unpaired) electrons. The highest BCUT2D eigenvalue weighted by Gasteiger charge is 2.22. The van der Waals surface area contributed by atoms with E-state index < -0.39 is 53.9 Å². The minimum Gasteiger partial charge on any atom is -0.394 e. The molecule has 0 spiro atoms. The molecule has 0 aliphatic heterocycles. The van der Waals surface area contributed by atoms with Crippen LogP contribution in [0.5, 0.6) is 0 Å². The summed E-state index contributed by atoms with van der Waals surface area (Å²) >= 11 is 0. The van der Waals surface area contributed by atoms with Crippen LogP contribution < -0.4 is 16.2 Å². The van der Waals surface area contributed by atoms with Crippen LogP contribution in [0.1, 0.15) is 29.8 Å². The molecule has 1 amide bonds. The van der Waals surface area contributed by atoms with Crippen molar-refractivity contribution in [1.29, 1.82) is 0 Å². The minimum atomic E-state index is -1.00. The smallest absolute Gasteiger partial charge is 0.256 e. The molecule has 3 aromatic carbocycles. The third-order valence-corrected chi connectivity index (χ3v) is 6.54. The summed E-state index contributed by atoms with van der Waals surface area (Å²) in [7, 11) is 0. The van der Waals surface area contributed by atoms with E-state index in [0.717, 1.165) is 28.8 Å². The number of rotatable bonds is 8. The molecule has 0 unspecified atom stereocenters. The first-order valence-electron chi connectivity index (χ1n) is 13.7. The lowest BCUT2D eigenvalue weighted by Gasteiger charge is -2.18. The number of anilines is 2. The third kappa shape index (κ3) is 6.61. The molecule has 0 saturated heterocycles. The number of pyridine rings is 1. The lowest BCUT2D eigenvalue weighted by molar-refractivity contribution is 0.102. The highest BCUT2D eigenvalue weighted by Crippen LogP contribution is 2.32. The van der Waals surface area contributed by atoms with Gasteiger partial charge in [-0.3, -0.25) is 14.2 Å². The number of aliphatic hydroxyl groups excluding tert-OH is 2. The monoisotopic (exact) mass is 605 g/mol. The maximum Gasteiger partial charge on any atom is 0.256 e. The summed E-state index contributed by atoms with van der Waals surface area (Å²) in [5.74, 6) is -3.10. The van der Waals surface area contributed by atoms with Gasteiger partial charge in [-0.2, -0.15) is 4.98 Å². The number of halogens is 3. The van der Waals surface area contributed by atoms with Crippen LogP contribution >= 0.6 is 0 Å². The van der Waals surface area contributed by atoms with Gasteiger partial charge in [-0.05, 0) is 67.1 Å². The normalized spacial score (nSPS) is 10.8. The number of nitrogens with one attached hydrogen (secondary N) is 2. The largest absolute Gasteiger partial charge is 0.394 e. The number of para-hydroxylation sites is 1. The predicted molar refractivity (Wildman–Crippen MR) is 163 cm³/mol. The Kier molecular flexibility index (Phi) is 10.1. The summed E-state index contributed by atoms with van der Waals surface area (Å²) in [6.07, 6.45) is 0. The van der Waals surface area contributed by atoms with Gasteiger partial charge in [0.2, 0.25) is 5.95 Å². The fraction of sp³-hybridized carbons (Fsp3) is 0.188. The van der Waals surface area contributed by atoms with Crippen LogP contribution in [-0.4, -0.2) is 49.9 Å². The van der Waals surface area contributed by atoms with Gasteiger partial charge < -0.3 is 20.8 Å². The molecule has 44 heavy (non-hydrogen) atoms. The molecular formula is C32H30F3N5O4. The average Bonchev–Trinajstić information content (AvgIpc) is 3.02. The molecule has 0 saturated carbocycles. The maximum absolute atomic E-state index is 14.9. The van der Waals surface area contributed by atoms with Crippen molar-refractivity contribution in [2.45, 2.75) is 26.8 Å². The first-order valence-corrected chi connectivity index (χ1v) is 13.7. The molecule has 0 atom stereocenters. The summed E-state index contributed by atoms with van der Waals surface area (Å²) in [6.45, 7) is 4.78. The Hall–Kier alpha value is -5.07. The number of nitrogens with zero attached hydrogens (tertiary/aromatic N) is 3. The standard InChI is InChI=1S/C30H24F3N5O4.C2H6/c1-16-5-6-17(29(42)34-19-9-7-18(31)8-10-19)13-22(16)26-21-11-12-25(41)38(27-23(32)3-2-4-24(27)33)28(21)37-30(36-26)35-20(14-39)15-40;1-2/h2-13,20,39-40H,14-15H2,1H3,(H,34,42)(H,35,36,37);1-2H3. The van der Waals surface area contributed by atoms with Crippen LogP contribution in [0.2, 0.25) is 0 Å². The van der Waals surface area contributed by atoms with Crippen molar-refractivity contribution >= 4 is 28.6 Å². The van der Waals surface area contributed by atoms with E-state index in [2.05, 4.69) is 20.6 Å². The van der Waals surface area contributed by atoms with Crippen LogP contribution in [0.3, 0.4) is 0 Å². The summed E-state index contributed by atoms with van der Waals surface area (Å²) in [6, 6.07) is 14.9. The van der Waals surface area contributed by atoms with Crippen molar-refractivity contribution in [1.82, 2.24) is 14.5 Å². The number of fused-ring (bicyclic) bond motifs is 1. The van der Waals surface area contributed by atoms with E-state index in [0.29, 0.717) is 16.8 Å². The number of carbonyl (C=O) groups is 1. The number of benzene rings is 3. The summed E-state index contributed by atoms with van der Waals surface area (Å²) in [5.41, 5.74) is 0.318. The molecule has 4 N–H and O–H groups in total. The van der Waals surface area contributed by atoms with Crippen molar-refractivity contribution in [2.24, 2.45) is 0 Å². The van der Waals surface area contributed by atoms with Gasteiger partial charge in [-0.25, -0.2) is 18.2 Å². The SMILES string of the molecule is CC.Cc1ccc(C(=O)Nc2ccc(F)cc2)cc1-c1nc(NC(CO)CO)nc2c1ccc(=O)n2-c1c(F)cccc1F. The molecular weight excluding hydrogens is 575 g/mol. The fourth-order valence-corrected chi connectivity index (χ4v) is 4.39. The van der Waals surface area contributed by atoms with E-state index in [1.54, 1.807) is 25.1 Å². The Morgan fingerprint density at radius 3 is 2.20 bits per heavy atom. The van der Waals surface area contributed by atoms with E-state index >= 15 is 0 Å². The van der Waals surface area contributed by atoms with Crippen molar-refractivity contribution in [3.63, 3.8) is 0 Å². The van der Waals surface area contributed by atoms with E-state index in [1.807, 2.05) is 13.8 Å². The zero-order chi connectivity index (χ0) is 32.0. The number of carbonyl (C=O) groups excluding carboxylic acids is 1. The molecule has 0 fully saturated rings. The number of aryl methyl sites for hydroxylation is 1. The fourth-order valence-electron chi connectivity index (χ4n) is 4.39. The lowest BCUT2D eigenvalue weighted by atomic mass is 9.99. The Balaban J connectivity index is 0.00000216. The molecule has 12 heteroatoms. The zero-order valence-corrected chi connectivity index (χ0v) is 24.1. The van der Waals surface area contributed by atoms with E-state index in [-0.39, 0.29) is 28.2 Å². The molecule has 5 rings (SSSR count). The minimum absolute atomic E-state index is 0.151. The van der Waals surface area contributed by atoms with Crippen molar-refractivity contribution in [2.75, 3.05) is 23.8 Å². The Morgan fingerprint density at radius 1 is 0.909 bits per heavy atom. The number of hydrogen-bond donors (Lipinski definition) is 4. The number of amides is 1. The van der Waals surface area contributed by atoms with Gasteiger partial charge in [0.05, 0.1) is 24.9 Å². The quantitative estimate of drug-likeness (QED) is 0.191. The zero-order valence-electron chi connectivity index (χ0n) is 24.1. The highest BCUT2D eigenvalue weighted by atomic mass is 19.1. The Morgan fingerprint density at radius 2 is 1.57 bits per heavy atom. The first-order chi connectivity index (χ1) is 21.2. The summed E-state index contributed by atoms with van der Waals surface area (Å²) in [5, 5.41) is 24.9. The summed E-state index contributed by atoms with van der Waals surface area (Å²) in [4.78, 5) is 35.0. The highest BCUT2D eigenvalue weighted by molar-refractivity contribution is 6.05. The molecule has 2 aromatic heterocycles. The van der Waals surface area contributed by atoms with E-state index in [1.165, 1.54) is 30.3 Å². The number of aromatic nitrogens is 3. The average molecular weight is 606 g/mol. The molecule has 228 valence electrons. The second kappa shape index (κ2) is 13.9. The molecule has 0 aliphatic rings. The maximum atomic E-state index is 14.9. The summed E-state index contributed by atoms with van der Waals surface area (Å²) < 4.78 is 43.9. The second-order valence-corrected chi connectivity index (χ2v) is 9.41. The van der Waals surface area contributed by atoms with Crippen LogP contribution in [0.15, 0.2) is 77.6 Å². The second-order valence-electron chi connectivity index (χ2n) is 9.41. The van der Waals surface area contributed by atoms with Crippen molar-refractivity contribution < 1.29 is 28.2 Å². The predicted octanol–water partition coefficient (Wildman–Crippen LogP) is 5.22. The van der Waals surface area contributed by atoms with Crippen molar-refractivity contribution in [3.05, 3.63) is 112 Å². The Bertz CT molecular complexity index is 1840. The number of hydrogen-bond acceptors (Lipinski definition) is 7. The van der Waals surface area contributed by atoms with Gasteiger partial charge in [0.25, 0.3) is 11.5 Å². The molecule has 2 heterocycles. The van der Waals surface area contributed by atoms with Gasteiger partial charge in [-0.1, -0.05) is 26.0 Å². The number of aliphatic hydroxyl groups is 2. The Labute approximate surface area is 250 Å². The molecule has 9 nitrogen and oxygen atoms in total. The van der Waals surface area contributed by atoms with Gasteiger partial charge in [0, 0.05) is 28.3 Å². The van der Waals surface area contributed by atoms with E-state index in [4.69, 9.17) is 0 Å². The lowest BCUT2D eigenvalue weighted by Crippen LogP contribution is -2.29. The van der Waals surface area contributed by atoms with Gasteiger partial charge >= 0.3 is 0 Å². The van der Waals surface area contributed by atoms with Crippen LogP contribution in [0, 0.1) is 24.4 Å².